The molecule has 3 rings (SSSR count). The summed E-state index contributed by atoms with van der Waals surface area (Å²) in [6, 6.07) is 0.245. The first kappa shape index (κ1) is 19.9. The largest absolute Gasteiger partial charge is 0.435 e. The lowest BCUT2D eigenvalue weighted by atomic mass is 10.2. The number of likely N-dealkylation sites (N-methyl/N-ethyl adjacent to an activating group) is 1. The molecule has 1 saturated carbocycles. The van der Waals surface area contributed by atoms with Crippen molar-refractivity contribution in [2.75, 3.05) is 7.05 Å². The van der Waals surface area contributed by atoms with Gasteiger partial charge >= 0.3 is 6.18 Å². The van der Waals surface area contributed by atoms with Crippen LogP contribution in [0.4, 0.5) is 13.2 Å². The topological polar surface area (TPSA) is 56.0 Å². The Labute approximate surface area is 163 Å². The van der Waals surface area contributed by atoms with Crippen molar-refractivity contribution in [1.82, 2.24) is 24.5 Å². The highest BCUT2D eigenvalue weighted by Gasteiger charge is 2.39. The molecule has 2 aromatic rings. The van der Waals surface area contributed by atoms with E-state index in [4.69, 9.17) is 0 Å². The van der Waals surface area contributed by atoms with Gasteiger partial charge in [0.2, 0.25) is 5.91 Å². The van der Waals surface area contributed by atoms with Crippen LogP contribution in [0.25, 0.3) is 0 Å². The van der Waals surface area contributed by atoms with E-state index in [0.29, 0.717) is 17.9 Å². The summed E-state index contributed by atoms with van der Waals surface area (Å²) >= 11 is 3.42. The number of carbonyl (C=O) groups excluding carboxylic acids is 1. The predicted molar refractivity (Wildman–Crippen MR) is 96.0 cm³/mol. The molecule has 0 aliphatic heterocycles. The van der Waals surface area contributed by atoms with E-state index in [1.54, 1.807) is 18.7 Å². The zero-order chi connectivity index (χ0) is 19.9. The highest BCUT2D eigenvalue weighted by Crippen LogP contribution is 2.43. The number of halogens is 4. The van der Waals surface area contributed by atoms with Gasteiger partial charge in [-0.25, -0.2) is 0 Å². The van der Waals surface area contributed by atoms with Gasteiger partial charge < -0.3 is 4.90 Å². The van der Waals surface area contributed by atoms with Crippen molar-refractivity contribution in [2.24, 2.45) is 0 Å². The maximum Gasteiger partial charge on any atom is 0.435 e. The molecule has 0 N–H and O–H groups in total. The standard InChI is InChI=1S/C17H21BrF3N5O/c1-4-25-8-12(18)13(22-25)9-24(3)16(27)10(2)26-14(11-5-6-11)7-15(23-26)17(19,20)21/h7-8,10-11H,4-6,9H2,1-3H3. The Balaban J connectivity index is 1.80. The molecule has 2 heterocycles. The second kappa shape index (κ2) is 7.29. The van der Waals surface area contributed by atoms with E-state index < -0.39 is 17.9 Å². The molecule has 1 aliphatic rings. The van der Waals surface area contributed by atoms with Gasteiger partial charge in [-0.2, -0.15) is 23.4 Å². The van der Waals surface area contributed by atoms with Crippen molar-refractivity contribution in [3.8, 4) is 0 Å². The Morgan fingerprint density at radius 3 is 2.59 bits per heavy atom. The molecule has 10 heteroatoms. The van der Waals surface area contributed by atoms with Gasteiger partial charge in [-0.15, -0.1) is 0 Å². The van der Waals surface area contributed by atoms with Gasteiger partial charge in [-0.05, 0) is 48.7 Å². The van der Waals surface area contributed by atoms with Crippen LogP contribution < -0.4 is 0 Å². The SMILES string of the molecule is CCn1cc(Br)c(CN(C)C(=O)C(C)n2nc(C(F)(F)F)cc2C2CC2)n1. The lowest BCUT2D eigenvalue weighted by molar-refractivity contribution is -0.142. The molecule has 1 aliphatic carbocycles. The number of aromatic nitrogens is 4. The van der Waals surface area contributed by atoms with Gasteiger partial charge in [0.15, 0.2) is 5.69 Å². The van der Waals surface area contributed by atoms with Crippen molar-refractivity contribution in [1.29, 1.82) is 0 Å². The van der Waals surface area contributed by atoms with Gasteiger partial charge in [-0.3, -0.25) is 14.2 Å². The number of hydrogen-bond acceptors (Lipinski definition) is 3. The lowest BCUT2D eigenvalue weighted by Crippen LogP contribution is -2.34. The van der Waals surface area contributed by atoms with E-state index in [1.807, 2.05) is 13.1 Å². The lowest BCUT2D eigenvalue weighted by Gasteiger charge is -2.22. The summed E-state index contributed by atoms with van der Waals surface area (Å²) in [6.07, 6.45) is -1.06. The normalized spacial score (nSPS) is 15.8. The van der Waals surface area contributed by atoms with Crippen LogP contribution in [-0.2, 0) is 24.1 Å². The number of carbonyl (C=O) groups is 1. The second-order valence-corrected chi connectivity index (χ2v) is 7.68. The molecule has 0 bridgehead atoms. The third-order valence-corrected chi connectivity index (χ3v) is 5.31. The van der Waals surface area contributed by atoms with E-state index in [-0.39, 0.29) is 18.4 Å². The van der Waals surface area contributed by atoms with Gasteiger partial charge in [0, 0.05) is 31.4 Å². The highest BCUT2D eigenvalue weighted by atomic mass is 79.9. The Hall–Kier alpha value is -1.84. The average molecular weight is 448 g/mol. The van der Waals surface area contributed by atoms with Crippen LogP contribution in [0, 0.1) is 0 Å². The summed E-state index contributed by atoms with van der Waals surface area (Å²) in [7, 11) is 1.61. The van der Waals surface area contributed by atoms with Crippen LogP contribution in [0.1, 0.15) is 55.7 Å². The van der Waals surface area contributed by atoms with Crippen molar-refractivity contribution in [3.63, 3.8) is 0 Å². The quantitative estimate of drug-likeness (QED) is 0.672. The minimum absolute atomic E-state index is 0.0450. The summed E-state index contributed by atoms with van der Waals surface area (Å²) in [6.45, 7) is 4.49. The second-order valence-electron chi connectivity index (χ2n) is 6.82. The van der Waals surface area contributed by atoms with E-state index in [9.17, 15) is 18.0 Å². The maximum absolute atomic E-state index is 13.1. The molecular formula is C17H21BrF3N5O. The smallest absolute Gasteiger partial charge is 0.338 e. The van der Waals surface area contributed by atoms with Crippen LogP contribution in [0.2, 0.25) is 0 Å². The molecule has 1 amide bonds. The number of nitrogens with zero attached hydrogens (tertiary/aromatic N) is 5. The van der Waals surface area contributed by atoms with Crippen LogP contribution >= 0.6 is 15.9 Å². The molecule has 1 unspecified atom stereocenters. The van der Waals surface area contributed by atoms with Gasteiger partial charge in [-0.1, -0.05) is 0 Å². The van der Waals surface area contributed by atoms with Crippen LogP contribution in [-0.4, -0.2) is 37.4 Å². The molecule has 0 aromatic carbocycles. The fourth-order valence-corrected chi connectivity index (χ4v) is 3.41. The Kier molecular flexibility index (Phi) is 5.38. The molecule has 1 fully saturated rings. The summed E-state index contributed by atoms with van der Waals surface area (Å²) in [5.41, 5.74) is 0.225. The van der Waals surface area contributed by atoms with E-state index in [1.165, 1.54) is 9.58 Å². The zero-order valence-corrected chi connectivity index (χ0v) is 16.9. The molecule has 0 radical (unpaired) electrons. The number of amides is 1. The van der Waals surface area contributed by atoms with Gasteiger partial charge in [0.05, 0.1) is 16.7 Å². The molecule has 2 aromatic heterocycles. The van der Waals surface area contributed by atoms with Crippen LogP contribution in [0.15, 0.2) is 16.7 Å². The number of rotatable bonds is 6. The molecule has 6 nitrogen and oxygen atoms in total. The average Bonchev–Trinajstić information content (AvgIpc) is 3.24. The molecule has 0 saturated heterocycles. The number of alkyl halides is 3. The number of hydrogen-bond donors (Lipinski definition) is 0. The fraction of sp³-hybridized carbons (Fsp3) is 0.588. The highest BCUT2D eigenvalue weighted by molar-refractivity contribution is 9.10. The predicted octanol–water partition coefficient (Wildman–Crippen LogP) is 3.98. The number of aryl methyl sites for hydroxylation is 1. The zero-order valence-electron chi connectivity index (χ0n) is 15.3. The summed E-state index contributed by atoms with van der Waals surface area (Å²) in [4.78, 5) is 14.3. The summed E-state index contributed by atoms with van der Waals surface area (Å²) < 4.78 is 43.0. The van der Waals surface area contributed by atoms with Crippen molar-refractivity contribution >= 4 is 21.8 Å². The fourth-order valence-electron chi connectivity index (χ4n) is 2.97. The van der Waals surface area contributed by atoms with Crippen molar-refractivity contribution in [2.45, 2.75) is 57.9 Å². The third kappa shape index (κ3) is 4.20. The van der Waals surface area contributed by atoms with Crippen molar-refractivity contribution < 1.29 is 18.0 Å². The van der Waals surface area contributed by atoms with Crippen molar-refractivity contribution in [3.05, 3.63) is 33.8 Å². The monoisotopic (exact) mass is 447 g/mol. The van der Waals surface area contributed by atoms with Gasteiger partial charge in [0.1, 0.15) is 6.04 Å². The first-order chi connectivity index (χ1) is 12.6. The van der Waals surface area contributed by atoms with Crippen LogP contribution in [0.3, 0.4) is 0 Å². The van der Waals surface area contributed by atoms with E-state index in [0.717, 1.165) is 23.4 Å². The third-order valence-electron chi connectivity index (χ3n) is 4.65. The molecule has 0 spiro atoms. The first-order valence-corrected chi connectivity index (χ1v) is 9.54. The maximum atomic E-state index is 13.1. The minimum Gasteiger partial charge on any atom is -0.338 e. The molecular weight excluding hydrogens is 427 g/mol. The molecule has 148 valence electrons. The van der Waals surface area contributed by atoms with Gasteiger partial charge in [0.25, 0.3) is 0 Å². The van der Waals surface area contributed by atoms with E-state index >= 15 is 0 Å². The molecule has 27 heavy (non-hydrogen) atoms. The first-order valence-electron chi connectivity index (χ1n) is 8.75. The summed E-state index contributed by atoms with van der Waals surface area (Å²) in [5, 5.41) is 8.08. The Morgan fingerprint density at radius 2 is 2.07 bits per heavy atom. The van der Waals surface area contributed by atoms with Crippen LogP contribution in [0.5, 0.6) is 0 Å². The minimum atomic E-state index is -4.53. The molecule has 1 atom stereocenters. The van der Waals surface area contributed by atoms with E-state index in [2.05, 4.69) is 26.1 Å². The Morgan fingerprint density at radius 1 is 1.41 bits per heavy atom. The summed E-state index contributed by atoms with van der Waals surface area (Å²) in [5.74, 6) is -0.268. The Bertz CT molecular complexity index is 840.